The monoisotopic (exact) mass is 237 g/mol. The number of benzene rings is 1. The van der Waals surface area contributed by atoms with Gasteiger partial charge in [-0.2, -0.15) is 0 Å². The van der Waals surface area contributed by atoms with Crippen LogP contribution in [0, 0.1) is 6.92 Å². The normalized spacial score (nSPS) is 10.6. The molecule has 1 aromatic rings. The lowest BCUT2D eigenvalue weighted by molar-refractivity contribution is 0.638. The predicted octanol–water partition coefficient (Wildman–Crippen LogP) is 3.97. The fourth-order valence-corrected chi connectivity index (χ4v) is 2.09. The second-order valence-electron chi connectivity index (χ2n) is 4.25. The van der Waals surface area contributed by atoms with Crippen molar-refractivity contribution < 1.29 is 0 Å². The molecule has 0 saturated heterocycles. The molecule has 0 spiro atoms. The van der Waals surface area contributed by atoms with E-state index in [9.17, 15) is 0 Å². The van der Waals surface area contributed by atoms with Crippen LogP contribution in [-0.4, -0.2) is 12.8 Å². The third-order valence-electron chi connectivity index (χ3n) is 2.76. The molecule has 0 aliphatic carbocycles. The average molecular weight is 237 g/mol. The Kier molecular flexibility index (Phi) is 7.35. The largest absolute Gasteiger partial charge is 0.264 e. The molecular weight excluding hydrogens is 214 g/mol. The molecule has 0 saturated carbocycles. The SMILES string of the molecule is CSNCCCCCCc1ccc(C)cc1. The highest BCUT2D eigenvalue weighted by molar-refractivity contribution is 7.96. The van der Waals surface area contributed by atoms with Crippen LogP contribution >= 0.6 is 11.9 Å². The molecular formula is C14H23NS. The Morgan fingerprint density at radius 1 is 1.00 bits per heavy atom. The molecule has 0 aliphatic rings. The fourth-order valence-electron chi connectivity index (χ4n) is 1.74. The summed E-state index contributed by atoms with van der Waals surface area (Å²) in [5, 5.41) is 0. The van der Waals surface area contributed by atoms with Crippen molar-refractivity contribution in [1.82, 2.24) is 4.72 Å². The van der Waals surface area contributed by atoms with Crippen LogP contribution in [0.5, 0.6) is 0 Å². The average Bonchev–Trinajstić information content (AvgIpc) is 2.30. The second-order valence-corrected chi connectivity index (χ2v) is 4.95. The third kappa shape index (κ3) is 6.19. The van der Waals surface area contributed by atoms with E-state index in [1.807, 2.05) is 0 Å². The zero-order valence-corrected chi connectivity index (χ0v) is 11.3. The topological polar surface area (TPSA) is 12.0 Å². The Morgan fingerprint density at radius 2 is 1.69 bits per heavy atom. The first-order chi connectivity index (χ1) is 7.83. The molecule has 16 heavy (non-hydrogen) atoms. The maximum atomic E-state index is 3.28. The lowest BCUT2D eigenvalue weighted by Crippen LogP contribution is -2.03. The van der Waals surface area contributed by atoms with Crippen LogP contribution in [0.25, 0.3) is 0 Å². The third-order valence-corrected chi connectivity index (χ3v) is 3.25. The Balaban J connectivity index is 2.01. The maximum Gasteiger partial charge on any atom is 0.00584 e. The highest BCUT2D eigenvalue weighted by atomic mass is 32.2. The van der Waals surface area contributed by atoms with E-state index in [4.69, 9.17) is 0 Å². The molecule has 1 aromatic carbocycles. The van der Waals surface area contributed by atoms with Gasteiger partial charge in [0.05, 0.1) is 0 Å². The van der Waals surface area contributed by atoms with E-state index in [1.54, 1.807) is 11.9 Å². The van der Waals surface area contributed by atoms with Gasteiger partial charge in [0.2, 0.25) is 0 Å². The van der Waals surface area contributed by atoms with Crippen molar-refractivity contribution in [2.45, 2.75) is 39.0 Å². The van der Waals surface area contributed by atoms with Gasteiger partial charge in [-0.25, -0.2) is 0 Å². The van der Waals surface area contributed by atoms with Gasteiger partial charge < -0.3 is 0 Å². The van der Waals surface area contributed by atoms with Gasteiger partial charge in [0.15, 0.2) is 0 Å². The van der Waals surface area contributed by atoms with Crippen molar-refractivity contribution in [3.05, 3.63) is 35.4 Å². The van der Waals surface area contributed by atoms with E-state index in [0.29, 0.717) is 0 Å². The molecule has 1 rings (SSSR count). The summed E-state index contributed by atoms with van der Waals surface area (Å²) in [4.78, 5) is 0. The second kappa shape index (κ2) is 8.66. The molecule has 0 heterocycles. The maximum absolute atomic E-state index is 3.28. The molecule has 0 atom stereocenters. The van der Waals surface area contributed by atoms with E-state index in [-0.39, 0.29) is 0 Å². The molecule has 0 bridgehead atoms. The summed E-state index contributed by atoms with van der Waals surface area (Å²) in [7, 11) is 0. The molecule has 0 aromatic heterocycles. The summed E-state index contributed by atoms with van der Waals surface area (Å²) in [5.74, 6) is 0. The van der Waals surface area contributed by atoms with E-state index in [2.05, 4.69) is 42.2 Å². The molecule has 90 valence electrons. The number of aryl methyl sites for hydroxylation is 2. The molecule has 1 N–H and O–H groups in total. The van der Waals surface area contributed by atoms with Gasteiger partial charge in [-0.1, -0.05) is 54.6 Å². The summed E-state index contributed by atoms with van der Waals surface area (Å²) in [6, 6.07) is 8.92. The molecule has 0 unspecified atom stereocenters. The number of hydrogen-bond donors (Lipinski definition) is 1. The van der Waals surface area contributed by atoms with Gasteiger partial charge in [-0.3, -0.25) is 4.72 Å². The van der Waals surface area contributed by atoms with Crippen molar-refractivity contribution >= 4 is 11.9 Å². The van der Waals surface area contributed by atoms with Gasteiger partial charge >= 0.3 is 0 Å². The molecule has 1 nitrogen and oxygen atoms in total. The van der Waals surface area contributed by atoms with E-state index in [1.165, 1.54) is 43.2 Å². The van der Waals surface area contributed by atoms with Gasteiger partial charge in [0.1, 0.15) is 0 Å². The Bertz CT molecular complexity index is 269. The minimum Gasteiger partial charge on any atom is -0.264 e. The first kappa shape index (κ1) is 13.6. The smallest absolute Gasteiger partial charge is 0.00584 e. The van der Waals surface area contributed by atoms with Crippen LogP contribution in [0.3, 0.4) is 0 Å². The first-order valence-electron chi connectivity index (χ1n) is 6.14. The van der Waals surface area contributed by atoms with Crippen LogP contribution in [-0.2, 0) is 6.42 Å². The predicted molar refractivity (Wildman–Crippen MR) is 74.9 cm³/mol. The Morgan fingerprint density at radius 3 is 2.38 bits per heavy atom. The van der Waals surface area contributed by atoms with Crippen molar-refractivity contribution in [3.63, 3.8) is 0 Å². The quantitative estimate of drug-likeness (QED) is 0.542. The fraction of sp³-hybridized carbons (Fsp3) is 0.571. The van der Waals surface area contributed by atoms with E-state index in [0.717, 1.165) is 6.54 Å². The summed E-state index contributed by atoms with van der Waals surface area (Å²) in [6.45, 7) is 3.29. The molecule has 2 heteroatoms. The zero-order chi connectivity index (χ0) is 11.6. The minimum atomic E-state index is 1.14. The van der Waals surface area contributed by atoms with Gasteiger partial charge in [-0.15, -0.1) is 0 Å². The summed E-state index contributed by atoms with van der Waals surface area (Å²) >= 11 is 1.71. The summed E-state index contributed by atoms with van der Waals surface area (Å²) in [6.07, 6.45) is 8.63. The van der Waals surface area contributed by atoms with Crippen LogP contribution in [0.2, 0.25) is 0 Å². The summed E-state index contributed by atoms with van der Waals surface area (Å²) < 4.78 is 3.28. The molecule has 0 amide bonds. The lowest BCUT2D eigenvalue weighted by atomic mass is 10.1. The van der Waals surface area contributed by atoms with Crippen molar-refractivity contribution in [2.75, 3.05) is 12.8 Å². The summed E-state index contributed by atoms with van der Waals surface area (Å²) in [5.41, 5.74) is 2.83. The molecule has 0 radical (unpaired) electrons. The number of hydrogen-bond acceptors (Lipinski definition) is 2. The van der Waals surface area contributed by atoms with Gasteiger partial charge in [0, 0.05) is 6.54 Å². The molecule has 0 aliphatic heterocycles. The van der Waals surface area contributed by atoms with Gasteiger partial charge in [-0.05, 0) is 38.0 Å². The highest BCUT2D eigenvalue weighted by Crippen LogP contribution is 2.09. The number of nitrogens with one attached hydrogen (secondary N) is 1. The Labute approximate surface area is 104 Å². The van der Waals surface area contributed by atoms with Gasteiger partial charge in [0.25, 0.3) is 0 Å². The van der Waals surface area contributed by atoms with E-state index >= 15 is 0 Å². The van der Waals surface area contributed by atoms with Crippen LogP contribution < -0.4 is 4.72 Å². The Hall–Kier alpha value is -0.470. The lowest BCUT2D eigenvalue weighted by Gasteiger charge is -2.03. The van der Waals surface area contributed by atoms with Crippen molar-refractivity contribution in [3.8, 4) is 0 Å². The zero-order valence-electron chi connectivity index (χ0n) is 10.5. The minimum absolute atomic E-state index is 1.14. The first-order valence-corrected chi connectivity index (χ1v) is 7.37. The van der Waals surface area contributed by atoms with Crippen LogP contribution in [0.15, 0.2) is 24.3 Å². The van der Waals surface area contributed by atoms with Crippen LogP contribution in [0.4, 0.5) is 0 Å². The van der Waals surface area contributed by atoms with Crippen LogP contribution in [0.1, 0.15) is 36.8 Å². The highest BCUT2D eigenvalue weighted by Gasteiger charge is 1.94. The van der Waals surface area contributed by atoms with E-state index < -0.39 is 0 Å². The number of rotatable bonds is 8. The van der Waals surface area contributed by atoms with Crippen molar-refractivity contribution in [2.24, 2.45) is 0 Å². The van der Waals surface area contributed by atoms with Crippen molar-refractivity contribution in [1.29, 1.82) is 0 Å². The standard InChI is InChI=1S/C14H23NS/c1-13-8-10-14(11-9-13)7-5-3-4-6-12-15-16-2/h8-11,15H,3-7,12H2,1-2H3. The number of unbranched alkanes of at least 4 members (excludes halogenated alkanes) is 3. The molecule has 0 fully saturated rings.